The summed E-state index contributed by atoms with van der Waals surface area (Å²) in [6.45, 7) is -0.330. The minimum atomic E-state index is -0.500. The van der Waals surface area contributed by atoms with Gasteiger partial charge in [0, 0.05) is 4.92 Å². The molecule has 9 heavy (non-hydrogen) atoms. The Balaban J connectivity index is 2.58. The molecule has 0 bridgehead atoms. The van der Waals surface area contributed by atoms with Gasteiger partial charge in [-0.05, 0) is 5.16 Å². The van der Waals surface area contributed by atoms with E-state index in [4.69, 9.17) is 0 Å². The third-order valence-electron chi connectivity index (χ3n) is 0.698. The van der Waals surface area contributed by atoms with E-state index >= 15 is 0 Å². The average molecular weight is 129 g/mol. The lowest BCUT2D eigenvalue weighted by Crippen LogP contribution is -1.97. The lowest BCUT2D eigenvalue weighted by atomic mass is 10.5. The smallest absolute Gasteiger partial charge is 0.250 e. The molecule has 0 radical (unpaired) electrons. The number of nitro groups is 1. The van der Waals surface area contributed by atoms with Gasteiger partial charge in [-0.25, -0.2) is 4.63 Å². The summed E-state index contributed by atoms with van der Waals surface area (Å²) < 4.78 is 4.11. The molecule has 1 heterocycles. The summed E-state index contributed by atoms with van der Waals surface area (Å²) in [6.07, 6.45) is 1.21. The second-order valence-corrected chi connectivity index (χ2v) is 1.39. The molecule has 0 amide bonds. The maximum atomic E-state index is 9.76. The molecule has 0 N–H and O–H groups in total. The van der Waals surface area contributed by atoms with Crippen molar-refractivity contribution in [1.82, 2.24) is 10.3 Å². The SMILES string of the molecule is O=[N+]([O-])Cc1cnon1. The largest absolute Gasteiger partial charge is 0.264 e. The van der Waals surface area contributed by atoms with Crippen molar-refractivity contribution in [3.8, 4) is 0 Å². The first-order valence-corrected chi connectivity index (χ1v) is 2.17. The monoisotopic (exact) mass is 129 g/mol. The van der Waals surface area contributed by atoms with Crippen molar-refractivity contribution in [2.75, 3.05) is 0 Å². The van der Waals surface area contributed by atoms with Crippen LogP contribution >= 0.6 is 0 Å². The van der Waals surface area contributed by atoms with E-state index in [0.717, 1.165) is 0 Å². The summed E-state index contributed by atoms with van der Waals surface area (Å²) in [7, 11) is 0. The van der Waals surface area contributed by atoms with Crippen LogP contribution in [0.2, 0.25) is 0 Å². The van der Waals surface area contributed by atoms with E-state index in [0.29, 0.717) is 0 Å². The molecule has 0 aliphatic carbocycles. The van der Waals surface area contributed by atoms with Crippen molar-refractivity contribution in [3.05, 3.63) is 22.0 Å². The molecular formula is C3H3N3O3. The van der Waals surface area contributed by atoms with Crippen molar-refractivity contribution in [2.45, 2.75) is 6.54 Å². The minimum absolute atomic E-state index is 0.236. The summed E-state index contributed by atoms with van der Waals surface area (Å²) in [4.78, 5) is 9.26. The summed E-state index contributed by atoms with van der Waals surface area (Å²) in [5, 5.41) is 16.2. The van der Waals surface area contributed by atoms with E-state index in [-0.39, 0.29) is 12.2 Å². The fourth-order valence-corrected chi connectivity index (χ4v) is 0.386. The average Bonchev–Trinajstić information content (AvgIpc) is 2.15. The Morgan fingerprint density at radius 2 is 2.67 bits per heavy atom. The molecule has 0 unspecified atom stereocenters. The molecule has 6 nitrogen and oxygen atoms in total. The third kappa shape index (κ3) is 1.48. The second kappa shape index (κ2) is 2.21. The highest BCUT2D eigenvalue weighted by molar-refractivity contribution is 4.84. The number of aromatic nitrogens is 2. The molecule has 6 heteroatoms. The van der Waals surface area contributed by atoms with Crippen LogP contribution in [-0.2, 0) is 6.54 Å². The predicted octanol–water partition coefficient (Wildman–Crippen LogP) is -0.154. The Labute approximate surface area is 49.6 Å². The van der Waals surface area contributed by atoms with Gasteiger partial charge in [-0.15, -0.1) is 0 Å². The van der Waals surface area contributed by atoms with Gasteiger partial charge in [0.25, 0.3) is 6.54 Å². The number of hydrogen-bond donors (Lipinski definition) is 0. The fraction of sp³-hybridized carbons (Fsp3) is 0.333. The Morgan fingerprint density at radius 1 is 1.89 bits per heavy atom. The Hall–Kier alpha value is -1.46. The molecule has 0 spiro atoms. The van der Waals surface area contributed by atoms with Crippen LogP contribution in [0.4, 0.5) is 0 Å². The molecule has 0 aliphatic heterocycles. The quantitative estimate of drug-likeness (QED) is 0.409. The maximum Gasteiger partial charge on any atom is 0.250 e. The molecule has 48 valence electrons. The highest BCUT2D eigenvalue weighted by atomic mass is 16.6. The lowest BCUT2D eigenvalue weighted by Gasteiger charge is -1.80. The first-order chi connectivity index (χ1) is 4.29. The molecular weight excluding hydrogens is 126 g/mol. The number of nitrogens with zero attached hydrogens (tertiary/aromatic N) is 3. The first-order valence-electron chi connectivity index (χ1n) is 2.17. The van der Waals surface area contributed by atoms with Gasteiger partial charge >= 0.3 is 0 Å². The van der Waals surface area contributed by atoms with Gasteiger partial charge in [-0.2, -0.15) is 0 Å². The van der Waals surface area contributed by atoms with Gasteiger partial charge in [0.15, 0.2) is 5.69 Å². The zero-order valence-corrected chi connectivity index (χ0v) is 4.35. The predicted molar refractivity (Wildman–Crippen MR) is 25.0 cm³/mol. The van der Waals surface area contributed by atoms with Crippen molar-refractivity contribution < 1.29 is 9.55 Å². The Kier molecular flexibility index (Phi) is 1.39. The van der Waals surface area contributed by atoms with E-state index in [9.17, 15) is 10.1 Å². The second-order valence-electron chi connectivity index (χ2n) is 1.39. The summed E-state index contributed by atoms with van der Waals surface area (Å²) in [6, 6.07) is 0. The summed E-state index contributed by atoms with van der Waals surface area (Å²) >= 11 is 0. The van der Waals surface area contributed by atoms with Crippen molar-refractivity contribution in [3.63, 3.8) is 0 Å². The fourth-order valence-electron chi connectivity index (χ4n) is 0.386. The van der Waals surface area contributed by atoms with Crippen molar-refractivity contribution in [1.29, 1.82) is 0 Å². The van der Waals surface area contributed by atoms with Crippen LogP contribution in [0.5, 0.6) is 0 Å². The standard InChI is InChI=1S/C3H3N3O3/c7-6(8)2-3-1-4-9-5-3/h1H,2H2. The Morgan fingerprint density at radius 3 is 3.11 bits per heavy atom. The highest BCUT2D eigenvalue weighted by Crippen LogP contribution is 1.90. The van der Waals surface area contributed by atoms with Crippen molar-refractivity contribution >= 4 is 0 Å². The van der Waals surface area contributed by atoms with Crippen molar-refractivity contribution in [2.24, 2.45) is 0 Å². The molecule has 0 atom stereocenters. The summed E-state index contributed by atoms with van der Waals surface area (Å²) in [5.74, 6) is 0. The van der Waals surface area contributed by atoms with E-state index in [1.807, 2.05) is 0 Å². The summed E-state index contributed by atoms with van der Waals surface area (Å²) in [5.41, 5.74) is 0.236. The zero-order valence-electron chi connectivity index (χ0n) is 4.35. The zero-order chi connectivity index (χ0) is 6.69. The van der Waals surface area contributed by atoms with E-state index < -0.39 is 4.92 Å². The van der Waals surface area contributed by atoms with Gasteiger partial charge in [0.1, 0.15) is 6.20 Å². The minimum Gasteiger partial charge on any atom is -0.264 e. The van der Waals surface area contributed by atoms with E-state index in [1.165, 1.54) is 6.20 Å². The molecule has 1 aromatic heterocycles. The van der Waals surface area contributed by atoms with Crippen LogP contribution in [0.25, 0.3) is 0 Å². The molecule has 0 aliphatic rings. The van der Waals surface area contributed by atoms with Gasteiger partial charge in [-0.3, -0.25) is 10.1 Å². The molecule has 1 aromatic rings. The lowest BCUT2D eigenvalue weighted by molar-refractivity contribution is -0.497. The van der Waals surface area contributed by atoms with Crippen LogP contribution < -0.4 is 0 Å². The van der Waals surface area contributed by atoms with Gasteiger partial charge < -0.3 is 0 Å². The van der Waals surface area contributed by atoms with E-state index in [1.54, 1.807) is 0 Å². The normalized spacial score (nSPS) is 9.33. The van der Waals surface area contributed by atoms with Gasteiger partial charge in [0.05, 0.1) is 0 Å². The van der Waals surface area contributed by atoms with Gasteiger partial charge in [-0.1, -0.05) is 5.16 Å². The van der Waals surface area contributed by atoms with Gasteiger partial charge in [0.2, 0.25) is 0 Å². The number of hydrogen-bond acceptors (Lipinski definition) is 5. The molecule has 1 rings (SSSR count). The first kappa shape index (κ1) is 5.67. The van der Waals surface area contributed by atoms with Crippen LogP contribution in [0.15, 0.2) is 10.8 Å². The van der Waals surface area contributed by atoms with E-state index in [2.05, 4.69) is 14.9 Å². The molecule has 0 fully saturated rings. The topological polar surface area (TPSA) is 82.1 Å². The van der Waals surface area contributed by atoms with Crippen LogP contribution in [0.1, 0.15) is 5.69 Å². The highest BCUT2D eigenvalue weighted by Gasteiger charge is 2.03. The van der Waals surface area contributed by atoms with Crippen LogP contribution in [0, 0.1) is 10.1 Å². The van der Waals surface area contributed by atoms with Crippen LogP contribution in [0.3, 0.4) is 0 Å². The number of rotatable bonds is 2. The Bertz CT molecular complexity index is 194. The molecule has 0 aromatic carbocycles. The molecule has 0 saturated carbocycles. The third-order valence-corrected chi connectivity index (χ3v) is 0.698. The van der Waals surface area contributed by atoms with Crippen LogP contribution in [-0.4, -0.2) is 15.2 Å². The maximum absolute atomic E-state index is 9.76. The molecule has 0 saturated heterocycles.